The van der Waals surface area contributed by atoms with Crippen molar-refractivity contribution in [3.05, 3.63) is 50.1 Å². The number of nitrogens with one attached hydrogen (secondary N) is 1. The van der Waals surface area contributed by atoms with Crippen LogP contribution >= 0.6 is 22.6 Å². The summed E-state index contributed by atoms with van der Waals surface area (Å²) in [6.07, 6.45) is 3.40. The highest BCUT2D eigenvalue weighted by Gasteiger charge is 2.13. The van der Waals surface area contributed by atoms with E-state index in [1.165, 1.54) is 0 Å². The summed E-state index contributed by atoms with van der Waals surface area (Å²) in [6.45, 7) is 2.08. The van der Waals surface area contributed by atoms with Crippen LogP contribution in [0.2, 0.25) is 0 Å². The second kappa shape index (κ2) is 5.40. The van der Waals surface area contributed by atoms with E-state index < -0.39 is 0 Å². The van der Waals surface area contributed by atoms with E-state index in [2.05, 4.69) is 39.5 Å². The molecule has 4 nitrogen and oxygen atoms in total. The van der Waals surface area contributed by atoms with E-state index in [9.17, 15) is 4.79 Å². The molecule has 0 bridgehead atoms. The Balaban J connectivity index is 2.22. The number of aromatic amines is 1. The Morgan fingerprint density at radius 2 is 2.15 bits per heavy atom. The second-order valence-corrected chi connectivity index (χ2v) is 5.65. The van der Waals surface area contributed by atoms with Crippen LogP contribution in [0.3, 0.4) is 0 Å². The summed E-state index contributed by atoms with van der Waals surface area (Å²) >= 11 is 2.05. The summed E-state index contributed by atoms with van der Waals surface area (Å²) in [4.78, 5) is 19.5. The predicted octanol–water partition coefficient (Wildman–Crippen LogP) is 3.74. The van der Waals surface area contributed by atoms with Crippen LogP contribution in [-0.4, -0.2) is 9.97 Å². The zero-order valence-corrected chi connectivity index (χ0v) is 13.1. The minimum Gasteiger partial charge on any atom is -0.464 e. The smallest absolute Gasteiger partial charge is 0.264 e. The van der Waals surface area contributed by atoms with Gasteiger partial charge >= 0.3 is 0 Å². The topological polar surface area (TPSA) is 58.9 Å². The molecule has 0 spiro atoms. The molecule has 0 aliphatic heterocycles. The first-order valence-corrected chi connectivity index (χ1v) is 7.54. The number of aromatic nitrogens is 2. The van der Waals surface area contributed by atoms with Gasteiger partial charge in [-0.05, 0) is 35.1 Å². The highest BCUT2D eigenvalue weighted by Crippen LogP contribution is 2.28. The monoisotopic (exact) mass is 380 g/mol. The summed E-state index contributed by atoms with van der Waals surface area (Å²) in [7, 11) is 0. The molecular weight excluding hydrogens is 367 g/mol. The number of furan rings is 1. The maximum atomic E-state index is 12.0. The number of halogens is 1. The van der Waals surface area contributed by atoms with Gasteiger partial charge in [-0.1, -0.05) is 31.5 Å². The molecule has 20 heavy (non-hydrogen) atoms. The number of fused-ring (bicyclic) bond motifs is 1. The molecule has 0 atom stereocenters. The Kier molecular flexibility index (Phi) is 3.60. The number of para-hydroxylation sites is 1. The normalized spacial score (nSPS) is 11.1. The van der Waals surface area contributed by atoms with Gasteiger partial charge in [-0.25, -0.2) is 4.98 Å². The van der Waals surface area contributed by atoms with Crippen LogP contribution in [0.15, 0.2) is 39.7 Å². The molecule has 102 valence electrons. The number of H-pyrrole nitrogens is 1. The van der Waals surface area contributed by atoms with Gasteiger partial charge in [0, 0.05) is 5.39 Å². The number of rotatable bonds is 3. The molecule has 0 amide bonds. The van der Waals surface area contributed by atoms with Crippen LogP contribution in [0, 0.1) is 3.57 Å². The Labute approximate surface area is 129 Å². The van der Waals surface area contributed by atoms with Gasteiger partial charge in [0.25, 0.3) is 5.56 Å². The first kappa shape index (κ1) is 13.4. The van der Waals surface area contributed by atoms with Crippen molar-refractivity contribution in [2.24, 2.45) is 0 Å². The number of hydrogen-bond donors (Lipinski definition) is 1. The summed E-state index contributed by atoms with van der Waals surface area (Å²) in [5, 5.41) is 0.958. The summed E-state index contributed by atoms with van der Waals surface area (Å²) in [5.41, 5.74) is 2.37. The molecule has 2 aromatic heterocycles. The standard InChI is InChI=1S/C15H13IN2O2/c1-2-5-11-13(16)15(19)18-14(17-11)10-8-20-12-7-4-3-6-9(10)12/h3-4,6-8H,2,5H2,1H3,(H,17,18,19). The van der Waals surface area contributed by atoms with Gasteiger partial charge in [0.2, 0.25) is 0 Å². The van der Waals surface area contributed by atoms with Crippen molar-refractivity contribution >= 4 is 33.6 Å². The molecule has 0 aliphatic rings. The molecule has 0 saturated heterocycles. The van der Waals surface area contributed by atoms with Gasteiger partial charge in [-0.3, -0.25) is 4.79 Å². The number of hydrogen-bond acceptors (Lipinski definition) is 3. The minimum absolute atomic E-state index is 0.0932. The van der Waals surface area contributed by atoms with E-state index in [1.807, 2.05) is 24.3 Å². The highest BCUT2D eigenvalue weighted by atomic mass is 127. The average molecular weight is 380 g/mol. The lowest BCUT2D eigenvalue weighted by Crippen LogP contribution is -2.16. The molecule has 1 N–H and O–H groups in total. The van der Waals surface area contributed by atoms with Crippen LogP contribution in [0.25, 0.3) is 22.4 Å². The van der Waals surface area contributed by atoms with Gasteiger partial charge in [-0.2, -0.15) is 0 Å². The van der Waals surface area contributed by atoms with Crippen LogP contribution in [-0.2, 0) is 6.42 Å². The van der Waals surface area contributed by atoms with Gasteiger partial charge in [0.15, 0.2) is 0 Å². The molecule has 0 saturated carbocycles. The average Bonchev–Trinajstić information content (AvgIpc) is 2.88. The zero-order chi connectivity index (χ0) is 14.1. The molecule has 5 heteroatoms. The fourth-order valence-electron chi connectivity index (χ4n) is 2.20. The minimum atomic E-state index is -0.0932. The quantitative estimate of drug-likeness (QED) is 0.705. The summed E-state index contributed by atoms with van der Waals surface area (Å²) in [5.74, 6) is 0.573. The maximum absolute atomic E-state index is 12.0. The second-order valence-electron chi connectivity index (χ2n) is 4.57. The molecule has 0 aliphatic carbocycles. The van der Waals surface area contributed by atoms with Gasteiger partial charge < -0.3 is 9.40 Å². The lowest BCUT2D eigenvalue weighted by Gasteiger charge is -2.04. The molecule has 0 fully saturated rings. The third kappa shape index (κ3) is 2.26. The van der Waals surface area contributed by atoms with E-state index >= 15 is 0 Å². The third-order valence-electron chi connectivity index (χ3n) is 3.15. The van der Waals surface area contributed by atoms with E-state index in [-0.39, 0.29) is 5.56 Å². The molecule has 0 radical (unpaired) electrons. The maximum Gasteiger partial charge on any atom is 0.264 e. The molecule has 2 heterocycles. The third-order valence-corrected chi connectivity index (χ3v) is 4.27. The van der Waals surface area contributed by atoms with E-state index in [1.54, 1.807) is 6.26 Å². The zero-order valence-electron chi connectivity index (χ0n) is 10.9. The molecule has 0 unspecified atom stereocenters. The fraction of sp³-hybridized carbons (Fsp3) is 0.200. The Hall–Kier alpha value is -1.63. The SMILES string of the molecule is CCCc1nc(-c2coc3ccccc23)[nH]c(=O)c1I. The van der Waals surface area contributed by atoms with Crippen LogP contribution in [0.5, 0.6) is 0 Å². The van der Waals surface area contributed by atoms with Crippen molar-refractivity contribution < 1.29 is 4.42 Å². The number of aryl methyl sites for hydroxylation is 1. The van der Waals surface area contributed by atoms with Crippen molar-refractivity contribution in [1.82, 2.24) is 9.97 Å². The Morgan fingerprint density at radius 1 is 1.35 bits per heavy atom. The van der Waals surface area contributed by atoms with Crippen LogP contribution in [0.4, 0.5) is 0 Å². The fourth-order valence-corrected chi connectivity index (χ4v) is 2.72. The molecule has 3 rings (SSSR count). The lowest BCUT2D eigenvalue weighted by atomic mass is 10.1. The highest BCUT2D eigenvalue weighted by molar-refractivity contribution is 14.1. The first-order valence-electron chi connectivity index (χ1n) is 6.46. The Morgan fingerprint density at radius 3 is 2.95 bits per heavy atom. The van der Waals surface area contributed by atoms with E-state index in [0.717, 1.165) is 35.1 Å². The van der Waals surface area contributed by atoms with Gasteiger partial charge in [0.1, 0.15) is 17.7 Å². The number of benzene rings is 1. The molecule has 3 aromatic rings. The first-order chi connectivity index (χ1) is 9.70. The van der Waals surface area contributed by atoms with Crippen molar-refractivity contribution in [2.75, 3.05) is 0 Å². The summed E-state index contributed by atoms with van der Waals surface area (Å²) < 4.78 is 6.18. The van der Waals surface area contributed by atoms with Crippen molar-refractivity contribution in [3.8, 4) is 11.4 Å². The molecule has 1 aromatic carbocycles. The van der Waals surface area contributed by atoms with Crippen molar-refractivity contribution in [1.29, 1.82) is 0 Å². The van der Waals surface area contributed by atoms with Crippen molar-refractivity contribution in [3.63, 3.8) is 0 Å². The number of nitrogens with zero attached hydrogens (tertiary/aromatic N) is 1. The predicted molar refractivity (Wildman–Crippen MR) is 86.8 cm³/mol. The van der Waals surface area contributed by atoms with E-state index in [4.69, 9.17) is 4.42 Å². The largest absolute Gasteiger partial charge is 0.464 e. The molecular formula is C15H13IN2O2. The van der Waals surface area contributed by atoms with Gasteiger partial charge in [0.05, 0.1) is 14.8 Å². The van der Waals surface area contributed by atoms with E-state index in [0.29, 0.717) is 9.39 Å². The van der Waals surface area contributed by atoms with Crippen LogP contribution in [0.1, 0.15) is 19.0 Å². The van der Waals surface area contributed by atoms with Gasteiger partial charge in [-0.15, -0.1) is 0 Å². The van der Waals surface area contributed by atoms with Crippen molar-refractivity contribution in [2.45, 2.75) is 19.8 Å². The summed E-state index contributed by atoms with van der Waals surface area (Å²) in [6, 6.07) is 7.73. The van der Waals surface area contributed by atoms with Crippen LogP contribution < -0.4 is 5.56 Å². The lowest BCUT2D eigenvalue weighted by molar-refractivity contribution is 0.616. The Bertz CT molecular complexity index is 820.